The summed E-state index contributed by atoms with van der Waals surface area (Å²) >= 11 is 0. The molecule has 200 valence electrons. The van der Waals surface area contributed by atoms with Gasteiger partial charge in [0.15, 0.2) is 0 Å². The molecule has 9 N–H and O–H groups in total. The number of hydrogen-bond acceptors (Lipinski definition) is 8. The molecule has 0 aliphatic carbocycles. The number of nitrogens with one attached hydrogen (secondary N) is 3. The number of phenols is 1. The number of benzene rings is 1. The molecule has 1 aromatic carbocycles. The van der Waals surface area contributed by atoms with Gasteiger partial charge in [-0.3, -0.25) is 19.2 Å². The third-order valence-corrected chi connectivity index (χ3v) is 5.15. The first kappa shape index (κ1) is 30.3. The Labute approximate surface area is 208 Å². The molecule has 0 aliphatic rings. The molecular formula is C23H34N4O9. The largest absolute Gasteiger partial charge is 0.508 e. The van der Waals surface area contributed by atoms with Crippen molar-refractivity contribution in [2.24, 2.45) is 11.7 Å². The zero-order valence-corrected chi connectivity index (χ0v) is 20.1. The predicted octanol–water partition coefficient (Wildman–Crippen LogP) is -1.30. The van der Waals surface area contributed by atoms with Crippen LogP contribution in [0, 0.1) is 5.92 Å². The van der Waals surface area contributed by atoms with Gasteiger partial charge < -0.3 is 42.1 Å². The van der Waals surface area contributed by atoms with Gasteiger partial charge in [-0.25, -0.2) is 4.79 Å². The lowest BCUT2D eigenvalue weighted by Gasteiger charge is -2.24. The first-order valence-corrected chi connectivity index (χ1v) is 11.3. The summed E-state index contributed by atoms with van der Waals surface area (Å²) in [5.74, 6) is -5.23. The van der Waals surface area contributed by atoms with Gasteiger partial charge >= 0.3 is 11.9 Å². The number of carbonyl (C=O) groups is 5. The molecule has 1 aromatic rings. The fourth-order valence-electron chi connectivity index (χ4n) is 3.23. The first-order chi connectivity index (χ1) is 16.8. The third kappa shape index (κ3) is 10.7. The zero-order chi connectivity index (χ0) is 27.4. The number of amides is 3. The maximum atomic E-state index is 12.7. The van der Waals surface area contributed by atoms with E-state index in [0.29, 0.717) is 5.56 Å². The lowest BCUT2D eigenvalue weighted by Crippen LogP contribution is -2.58. The minimum Gasteiger partial charge on any atom is -0.508 e. The summed E-state index contributed by atoms with van der Waals surface area (Å²) in [5, 5.41) is 44.1. The van der Waals surface area contributed by atoms with Gasteiger partial charge in [0.2, 0.25) is 17.7 Å². The Balaban J connectivity index is 2.87. The van der Waals surface area contributed by atoms with Crippen LogP contribution >= 0.6 is 0 Å². The number of carbonyl (C=O) groups excluding carboxylic acids is 3. The van der Waals surface area contributed by atoms with Gasteiger partial charge in [-0.1, -0.05) is 26.0 Å². The molecule has 0 spiro atoms. The Bertz CT molecular complexity index is 921. The number of aromatic hydroxyl groups is 1. The average Bonchev–Trinajstić information content (AvgIpc) is 2.80. The van der Waals surface area contributed by atoms with Crippen molar-refractivity contribution in [3.8, 4) is 5.75 Å². The highest BCUT2D eigenvalue weighted by atomic mass is 16.4. The molecule has 0 radical (unpaired) electrons. The summed E-state index contributed by atoms with van der Waals surface area (Å²) in [6.45, 7) is 2.67. The molecule has 4 atom stereocenters. The van der Waals surface area contributed by atoms with Crippen molar-refractivity contribution in [1.82, 2.24) is 16.0 Å². The van der Waals surface area contributed by atoms with Crippen molar-refractivity contribution in [2.75, 3.05) is 6.61 Å². The second-order valence-corrected chi connectivity index (χ2v) is 8.74. The number of carboxylic acids is 2. The predicted molar refractivity (Wildman–Crippen MR) is 127 cm³/mol. The lowest BCUT2D eigenvalue weighted by molar-refractivity contribution is -0.143. The number of aliphatic carboxylic acids is 2. The minimum absolute atomic E-state index is 0.0363. The highest BCUT2D eigenvalue weighted by Gasteiger charge is 2.30. The van der Waals surface area contributed by atoms with E-state index >= 15 is 0 Å². The van der Waals surface area contributed by atoms with Crippen molar-refractivity contribution in [3.05, 3.63) is 29.8 Å². The van der Waals surface area contributed by atoms with E-state index in [2.05, 4.69) is 16.0 Å². The van der Waals surface area contributed by atoms with Crippen molar-refractivity contribution in [2.45, 2.75) is 63.7 Å². The van der Waals surface area contributed by atoms with Gasteiger partial charge in [-0.15, -0.1) is 0 Å². The highest BCUT2D eigenvalue weighted by Crippen LogP contribution is 2.11. The molecule has 3 amide bonds. The molecule has 13 heteroatoms. The molecular weight excluding hydrogens is 476 g/mol. The van der Waals surface area contributed by atoms with E-state index in [4.69, 9.17) is 10.8 Å². The zero-order valence-electron chi connectivity index (χ0n) is 20.1. The lowest BCUT2D eigenvalue weighted by atomic mass is 10.0. The Morgan fingerprint density at radius 3 is 1.89 bits per heavy atom. The SMILES string of the molecule is CC(C)CC(NC(=O)C(CCC(=O)O)NC(=O)C(CO)NC(=O)C(N)Cc1ccc(O)cc1)C(=O)O. The number of aliphatic hydroxyl groups is 1. The minimum atomic E-state index is -1.51. The number of phenolic OH excluding ortho intramolecular Hbond substituents is 1. The van der Waals surface area contributed by atoms with E-state index in [1.165, 1.54) is 12.1 Å². The van der Waals surface area contributed by atoms with Gasteiger partial charge in [0.25, 0.3) is 0 Å². The number of rotatable bonds is 15. The average molecular weight is 511 g/mol. The molecule has 0 bridgehead atoms. The second kappa shape index (κ2) is 14.6. The molecule has 1 rings (SSSR count). The monoisotopic (exact) mass is 510 g/mol. The van der Waals surface area contributed by atoms with Gasteiger partial charge in [-0.2, -0.15) is 0 Å². The van der Waals surface area contributed by atoms with Gasteiger partial charge in [-0.05, 0) is 42.9 Å². The van der Waals surface area contributed by atoms with Crippen LogP contribution in [0.3, 0.4) is 0 Å². The van der Waals surface area contributed by atoms with Gasteiger partial charge in [0.05, 0.1) is 12.6 Å². The maximum Gasteiger partial charge on any atom is 0.326 e. The van der Waals surface area contributed by atoms with Crippen LogP contribution in [0.25, 0.3) is 0 Å². The van der Waals surface area contributed by atoms with Crippen LogP contribution in [0.4, 0.5) is 0 Å². The van der Waals surface area contributed by atoms with Crippen LogP contribution in [0.15, 0.2) is 24.3 Å². The van der Waals surface area contributed by atoms with Crippen molar-refractivity contribution < 1.29 is 44.4 Å². The molecule has 0 aliphatic heterocycles. The number of aliphatic hydroxyl groups excluding tert-OH is 1. The Hall–Kier alpha value is -3.71. The van der Waals surface area contributed by atoms with Crippen LogP contribution in [-0.2, 0) is 30.4 Å². The fourth-order valence-corrected chi connectivity index (χ4v) is 3.23. The first-order valence-electron chi connectivity index (χ1n) is 11.3. The van der Waals surface area contributed by atoms with Crippen LogP contribution in [0.5, 0.6) is 5.75 Å². The molecule has 36 heavy (non-hydrogen) atoms. The van der Waals surface area contributed by atoms with Crippen LogP contribution < -0.4 is 21.7 Å². The number of hydrogen-bond donors (Lipinski definition) is 8. The fraction of sp³-hybridized carbons (Fsp3) is 0.522. The van der Waals surface area contributed by atoms with E-state index in [1.54, 1.807) is 26.0 Å². The van der Waals surface area contributed by atoms with Crippen LogP contribution in [0.1, 0.15) is 38.7 Å². The van der Waals surface area contributed by atoms with Crippen molar-refractivity contribution in [1.29, 1.82) is 0 Å². The molecule has 0 fully saturated rings. The number of carboxylic acid groups (broad SMARTS) is 2. The second-order valence-electron chi connectivity index (χ2n) is 8.74. The number of nitrogens with two attached hydrogens (primary N) is 1. The molecule has 0 heterocycles. The summed E-state index contributed by atoms with van der Waals surface area (Å²) in [6, 6.07) is 0.670. The Morgan fingerprint density at radius 2 is 1.39 bits per heavy atom. The van der Waals surface area contributed by atoms with Crippen molar-refractivity contribution in [3.63, 3.8) is 0 Å². The Kier molecular flexibility index (Phi) is 12.3. The van der Waals surface area contributed by atoms with E-state index in [1.807, 2.05) is 0 Å². The van der Waals surface area contributed by atoms with Crippen LogP contribution in [-0.4, -0.2) is 80.9 Å². The molecule has 0 aromatic heterocycles. The van der Waals surface area contributed by atoms with Gasteiger partial charge in [0.1, 0.15) is 23.9 Å². The van der Waals surface area contributed by atoms with Gasteiger partial charge in [0, 0.05) is 6.42 Å². The van der Waals surface area contributed by atoms with E-state index in [9.17, 15) is 39.3 Å². The summed E-state index contributed by atoms with van der Waals surface area (Å²) < 4.78 is 0. The third-order valence-electron chi connectivity index (χ3n) is 5.15. The molecule has 4 unspecified atom stereocenters. The standard InChI is InChI=1S/C23H34N4O9/c1-12(2)9-17(23(35)36)26-21(33)16(7-8-19(30)31)25-22(34)18(11-28)27-20(32)15(24)10-13-3-5-14(29)6-4-13/h3-6,12,15-18,28-29H,7-11,24H2,1-2H3,(H,25,34)(H,26,33)(H,27,32)(H,30,31)(H,35,36). The normalized spacial score (nSPS) is 14.2. The summed E-state index contributed by atoms with van der Waals surface area (Å²) in [7, 11) is 0. The topological polar surface area (TPSA) is 228 Å². The smallest absolute Gasteiger partial charge is 0.326 e. The summed E-state index contributed by atoms with van der Waals surface area (Å²) in [6.07, 6.45) is -0.682. The quantitative estimate of drug-likeness (QED) is 0.139. The summed E-state index contributed by atoms with van der Waals surface area (Å²) in [4.78, 5) is 60.3. The van der Waals surface area contributed by atoms with E-state index in [0.717, 1.165) is 0 Å². The Morgan fingerprint density at radius 1 is 0.861 bits per heavy atom. The van der Waals surface area contributed by atoms with E-state index < -0.39 is 66.9 Å². The highest BCUT2D eigenvalue weighted by molar-refractivity contribution is 5.94. The van der Waals surface area contributed by atoms with Crippen LogP contribution in [0.2, 0.25) is 0 Å². The maximum absolute atomic E-state index is 12.7. The van der Waals surface area contributed by atoms with E-state index in [-0.39, 0.29) is 30.9 Å². The molecule has 0 saturated heterocycles. The summed E-state index contributed by atoms with van der Waals surface area (Å²) in [5.41, 5.74) is 6.51. The molecule has 0 saturated carbocycles. The molecule has 13 nitrogen and oxygen atoms in total. The van der Waals surface area contributed by atoms with Crippen molar-refractivity contribution >= 4 is 29.7 Å².